The maximum atomic E-state index is 11.6. The quantitative estimate of drug-likeness (QED) is 0.654. The summed E-state index contributed by atoms with van der Waals surface area (Å²) >= 11 is 3.22. The van der Waals surface area contributed by atoms with Crippen molar-refractivity contribution >= 4 is 28.6 Å². The van der Waals surface area contributed by atoms with Crippen LogP contribution in [-0.4, -0.2) is 22.4 Å². The van der Waals surface area contributed by atoms with Crippen LogP contribution in [0.3, 0.4) is 0 Å². The van der Waals surface area contributed by atoms with Crippen molar-refractivity contribution in [2.75, 3.05) is 12.0 Å². The fourth-order valence-electron chi connectivity index (χ4n) is 1.64. The predicted octanol–water partition coefficient (Wildman–Crippen LogP) is 2.80. The van der Waals surface area contributed by atoms with Crippen LogP contribution in [0.1, 0.15) is 26.7 Å². The van der Waals surface area contributed by atoms with Crippen LogP contribution in [0.5, 0.6) is 0 Å². The van der Waals surface area contributed by atoms with Crippen LogP contribution < -0.4 is 0 Å². The third kappa shape index (κ3) is 2.19. The summed E-state index contributed by atoms with van der Waals surface area (Å²) in [6.07, 6.45) is 4.40. The predicted molar refractivity (Wildman–Crippen MR) is 57.8 cm³/mol. The lowest BCUT2D eigenvalue weighted by Crippen LogP contribution is -2.30. The molecule has 0 spiro atoms. The number of carbonyl (C=O) groups excluding carboxylic acids is 1. The molecular weight excluding hydrogens is 188 g/mol. The number of thioether (sulfide) groups is 2. The van der Waals surface area contributed by atoms with E-state index in [1.807, 2.05) is 6.26 Å². The monoisotopic (exact) mass is 204 g/mol. The number of hydrogen-bond acceptors (Lipinski definition) is 3. The van der Waals surface area contributed by atoms with Gasteiger partial charge in [-0.15, -0.1) is 0 Å². The molecule has 1 rings (SSSR count). The highest BCUT2D eigenvalue weighted by molar-refractivity contribution is 8.16. The van der Waals surface area contributed by atoms with E-state index in [1.54, 1.807) is 11.8 Å². The zero-order valence-corrected chi connectivity index (χ0v) is 9.56. The first-order valence-corrected chi connectivity index (χ1v) is 6.55. The van der Waals surface area contributed by atoms with Crippen molar-refractivity contribution in [1.82, 2.24) is 0 Å². The molecule has 0 aromatic rings. The van der Waals surface area contributed by atoms with E-state index in [-0.39, 0.29) is 10.7 Å². The SMILES string of the molecule is CSC1C(=O)SCCCC1(C)C. The van der Waals surface area contributed by atoms with Gasteiger partial charge in [0, 0.05) is 5.75 Å². The Morgan fingerprint density at radius 3 is 2.83 bits per heavy atom. The van der Waals surface area contributed by atoms with Gasteiger partial charge in [0.25, 0.3) is 0 Å². The van der Waals surface area contributed by atoms with Crippen LogP contribution in [0.25, 0.3) is 0 Å². The van der Waals surface area contributed by atoms with Gasteiger partial charge in [-0.05, 0) is 24.5 Å². The Bertz CT molecular complexity index is 177. The summed E-state index contributed by atoms with van der Waals surface area (Å²) in [5, 5.41) is 0.579. The second-order valence-corrected chi connectivity index (χ2v) is 5.92. The Morgan fingerprint density at radius 1 is 1.58 bits per heavy atom. The minimum Gasteiger partial charge on any atom is -0.286 e. The molecule has 1 fully saturated rings. The van der Waals surface area contributed by atoms with E-state index in [4.69, 9.17) is 0 Å². The maximum absolute atomic E-state index is 11.6. The first kappa shape index (κ1) is 10.5. The highest BCUT2D eigenvalue weighted by Crippen LogP contribution is 2.39. The lowest BCUT2D eigenvalue weighted by molar-refractivity contribution is -0.112. The van der Waals surface area contributed by atoms with Crippen LogP contribution in [0.15, 0.2) is 0 Å². The van der Waals surface area contributed by atoms with E-state index in [9.17, 15) is 4.79 Å². The smallest absolute Gasteiger partial charge is 0.202 e. The molecule has 1 unspecified atom stereocenters. The van der Waals surface area contributed by atoms with Crippen LogP contribution in [0.4, 0.5) is 0 Å². The molecule has 0 aromatic carbocycles. The molecule has 12 heavy (non-hydrogen) atoms. The molecule has 1 heterocycles. The minimum atomic E-state index is 0.194. The summed E-state index contributed by atoms with van der Waals surface area (Å²) in [6, 6.07) is 0. The van der Waals surface area contributed by atoms with Crippen LogP contribution >= 0.6 is 23.5 Å². The lowest BCUT2D eigenvalue weighted by Gasteiger charge is -2.29. The van der Waals surface area contributed by atoms with Gasteiger partial charge in [0.15, 0.2) is 0 Å². The molecule has 0 aromatic heterocycles. The first-order valence-electron chi connectivity index (χ1n) is 4.27. The van der Waals surface area contributed by atoms with Crippen molar-refractivity contribution in [2.24, 2.45) is 5.41 Å². The summed E-state index contributed by atoms with van der Waals surface area (Å²) < 4.78 is 0. The standard InChI is InChI=1S/C9H16OS2/c1-9(2)5-4-6-12-8(10)7(9)11-3/h7H,4-6H2,1-3H3. The molecule has 0 aliphatic carbocycles. The summed E-state index contributed by atoms with van der Waals surface area (Å²) in [7, 11) is 0. The normalized spacial score (nSPS) is 29.9. The van der Waals surface area contributed by atoms with E-state index >= 15 is 0 Å². The third-order valence-corrected chi connectivity index (χ3v) is 4.86. The molecule has 0 amide bonds. The van der Waals surface area contributed by atoms with Crippen LogP contribution in [0, 0.1) is 5.41 Å². The number of hydrogen-bond donors (Lipinski definition) is 0. The molecule has 70 valence electrons. The van der Waals surface area contributed by atoms with Gasteiger partial charge in [-0.1, -0.05) is 25.6 Å². The molecular formula is C9H16OS2. The van der Waals surface area contributed by atoms with Gasteiger partial charge >= 0.3 is 0 Å². The van der Waals surface area contributed by atoms with Gasteiger partial charge in [0.2, 0.25) is 5.12 Å². The van der Waals surface area contributed by atoms with E-state index < -0.39 is 0 Å². The molecule has 3 heteroatoms. The molecule has 0 saturated carbocycles. The van der Waals surface area contributed by atoms with E-state index in [1.165, 1.54) is 24.6 Å². The molecule has 1 aliphatic rings. The van der Waals surface area contributed by atoms with Gasteiger partial charge in [0.1, 0.15) is 0 Å². The van der Waals surface area contributed by atoms with E-state index in [0.717, 1.165) is 5.75 Å². The average molecular weight is 204 g/mol. The Labute approximate surface area is 83.1 Å². The Balaban J connectivity index is 2.77. The minimum absolute atomic E-state index is 0.194. The molecule has 1 atom stereocenters. The van der Waals surface area contributed by atoms with Crippen LogP contribution in [-0.2, 0) is 4.79 Å². The Morgan fingerprint density at radius 2 is 2.25 bits per heavy atom. The second kappa shape index (κ2) is 4.05. The second-order valence-electron chi connectivity index (χ2n) is 3.88. The Hall–Kier alpha value is 0.370. The van der Waals surface area contributed by atoms with Crippen molar-refractivity contribution in [2.45, 2.75) is 31.9 Å². The highest BCUT2D eigenvalue weighted by Gasteiger charge is 2.36. The Kier molecular flexibility index (Phi) is 3.53. The van der Waals surface area contributed by atoms with Gasteiger partial charge in [-0.3, -0.25) is 4.79 Å². The summed E-state index contributed by atoms with van der Waals surface area (Å²) in [5.74, 6) is 1.01. The molecule has 1 nitrogen and oxygen atoms in total. The zero-order valence-electron chi connectivity index (χ0n) is 7.92. The van der Waals surface area contributed by atoms with E-state index in [2.05, 4.69) is 13.8 Å². The molecule has 0 N–H and O–H groups in total. The highest BCUT2D eigenvalue weighted by atomic mass is 32.2. The van der Waals surface area contributed by atoms with E-state index in [0.29, 0.717) is 5.12 Å². The van der Waals surface area contributed by atoms with Gasteiger partial charge in [0.05, 0.1) is 5.25 Å². The van der Waals surface area contributed by atoms with Gasteiger partial charge in [-0.25, -0.2) is 0 Å². The molecule has 0 bridgehead atoms. The van der Waals surface area contributed by atoms with Crippen molar-refractivity contribution in [3.05, 3.63) is 0 Å². The van der Waals surface area contributed by atoms with Crippen molar-refractivity contribution in [3.63, 3.8) is 0 Å². The number of rotatable bonds is 1. The zero-order chi connectivity index (χ0) is 9.19. The molecule has 0 radical (unpaired) electrons. The van der Waals surface area contributed by atoms with Gasteiger partial charge in [-0.2, -0.15) is 11.8 Å². The fourth-order valence-corrected chi connectivity index (χ4v) is 4.04. The van der Waals surface area contributed by atoms with Crippen molar-refractivity contribution in [1.29, 1.82) is 0 Å². The van der Waals surface area contributed by atoms with Crippen molar-refractivity contribution in [3.8, 4) is 0 Å². The van der Waals surface area contributed by atoms with Gasteiger partial charge < -0.3 is 0 Å². The summed E-state index contributed by atoms with van der Waals surface area (Å²) in [6.45, 7) is 4.41. The molecule has 1 aliphatic heterocycles. The first-order chi connectivity index (χ1) is 5.58. The van der Waals surface area contributed by atoms with Crippen molar-refractivity contribution < 1.29 is 4.79 Å². The molecule has 1 saturated heterocycles. The number of carbonyl (C=O) groups is 1. The summed E-state index contributed by atoms with van der Waals surface area (Å²) in [4.78, 5) is 11.6. The van der Waals surface area contributed by atoms with Crippen LogP contribution in [0.2, 0.25) is 0 Å². The maximum Gasteiger partial charge on any atom is 0.202 e. The third-order valence-electron chi connectivity index (χ3n) is 2.37. The topological polar surface area (TPSA) is 17.1 Å². The lowest BCUT2D eigenvalue weighted by atomic mass is 9.85. The largest absolute Gasteiger partial charge is 0.286 e. The fraction of sp³-hybridized carbons (Fsp3) is 0.889. The summed E-state index contributed by atoms with van der Waals surface area (Å²) in [5.41, 5.74) is 0.194. The average Bonchev–Trinajstić information content (AvgIpc) is 2.09.